The third-order valence-corrected chi connectivity index (χ3v) is 0.972. The first-order valence-electron chi connectivity index (χ1n) is 1.43. The Hall–Kier alpha value is 0.557. The molecule has 3 radical (unpaired) electrons. The van der Waals surface area contributed by atoms with Crippen LogP contribution in [0, 0.1) is 0 Å². The number of halogens is 3. The molecular formula is C2Cl3O2Si. The molecule has 0 N–H and O–H groups in total. The summed E-state index contributed by atoms with van der Waals surface area (Å²) in [6.45, 7) is 0. The Bertz CT molecular complexity index is 97.9. The topological polar surface area (TPSA) is 26.3 Å². The van der Waals surface area contributed by atoms with Crippen molar-refractivity contribution in [3.63, 3.8) is 0 Å². The first-order valence-corrected chi connectivity index (χ1v) is 2.97. The highest BCUT2D eigenvalue weighted by Gasteiger charge is 2.31. The van der Waals surface area contributed by atoms with Crippen LogP contribution in [0.4, 0.5) is 0 Å². The Labute approximate surface area is 64.6 Å². The van der Waals surface area contributed by atoms with Crippen molar-refractivity contribution in [1.82, 2.24) is 0 Å². The second-order valence-electron chi connectivity index (χ2n) is 0.887. The van der Waals surface area contributed by atoms with E-state index in [0.717, 1.165) is 0 Å². The molecule has 0 bridgehead atoms. The minimum atomic E-state index is -1.98. The molecule has 8 heavy (non-hydrogen) atoms. The maximum absolute atomic E-state index is 10.2. The Morgan fingerprint density at radius 3 is 1.88 bits per heavy atom. The molecule has 0 amide bonds. The number of hydrogen-bond acceptors (Lipinski definition) is 2. The summed E-state index contributed by atoms with van der Waals surface area (Å²) >= 11 is 15.0. The van der Waals surface area contributed by atoms with Crippen molar-refractivity contribution in [3.8, 4) is 0 Å². The van der Waals surface area contributed by atoms with E-state index in [1.807, 2.05) is 0 Å². The van der Waals surface area contributed by atoms with Crippen LogP contribution in [0.1, 0.15) is 0 Å². The van der Waals surface area contributed by atoms with Crippen molar-refractivity contribution >= 4 is 51.3 Å². The fourth-order valence-electron chi connectivity index (χ4n) is 0.0579. The smallest absolute Gasteiger partial charge is 0.345 e. The second-order valence-corrected chi connectivity index (χ2v) is 3.37. The highest BCUT2D eigenvalue weighted by molar-refractivity contribution is 6.76. The van der Waals surface area contributed by atoms with E-state index in [4.69, 9.17) is 34.8 Å². The van der Waals surface area contributed by atoms with Crippen LogP contribution in [-0.4, -0.2) is 20.2 Å². The number of carbonyl (C=O) groups is 1. The summed E-state index contributed by atoms with van der Waals surface area (Å²) in [4.78, 5) is 10.2. The molecule has 0 aromatic carbocycles. The zero-order valence-electron chi connectivity index (χ0n) is 3.45. The summed E-state index contributed by atoms with van der Waals surface area (Å²) in [6.07, 6.45) is 0. The number of hydrogen-bond donors (Lipinski definition) is 0. The summed E-state index contributed by atoms with van der Waals surface area (Å²) in [5, 5.41) is 0. The van der Waals surface area contributed by atoms with Crippen molar-refractivity contribution < 1.29 is 9.22 Å². The lowest BCUT2D eigenvalue weighted by atomic mass is 10.8. The average molecular weight is 190 g/mol. The van der Waals surface area contributed by atoms with Gasteiger partial charge in [0, 0.05) is 0 Å². The van der Waals surface area contributed by atoms with Crippen molar-refractivity contribution in [2.75, 3.05) is 0 Å². The van der Waals surface area contributed by atoms with Gasteiger partial charge in [0.25, 0.3) is 3.79 Å². The van der Waals surface area contributed by atoms with Gasteiger partial charge in [-0.3, -0.25) is 0 Å². The molecule has 0 aliphatic carbocycles. The lowest BCUT2D eigenvalue weighted by molar-refractivity contribution is -0.133. The van der Waals surface area contributed by atoms with Crippen molar-refractivity contribution in [3.05, 3.63) is 0 Å². The van der Waals surface area contributed by atoms with Crippen LogP contribution >= 0.6 is 34.8 Å². The molecule has 0 unspecified atom stereocenters. The fourth-order valence-corrected chi connectivity index (χ4v) is 0.521. The predicted octanol–water partition coefficient (Wildman–Crippen LogP) is 0.983. The Morgan fingerprint density at radius 2 is 1.88 bits per heavy atom. The summed E-state index contributed by atoms with van der Waals surface area (Å²) in [7, 11) is 2.39. The van der Waals surface area contributed by atoms with Crippen LogP contribution in [0.15, 0.2) is 0 Å². The lowest BCUT2D eigenvalue weighted by Gasteiger charge is -2.05. The molecule has 6 heteroatoms. The largest absolute Gasteiger partial charge is 0.513 e. The Balaban J connectivity index is 3.82. The molecule has 0 fully saturated rings. The van der Waals surface area contributed by atoms with Gasteiger partial charge in [0.1, 0.15) is 0 Å². The van der Waals surface area contributed by atoms with Crippen LogP contribution in [-0.2, 0) is 9.22 Å². The van der Waals surface area contributed by atoms with Gasteiger partial charge in [0.2, 0.25) is 0 Å². The van der Waals surface area contributed by atoms with E-state index in [2.05, 4.69) is 14.9 Å². The summed E-state index contributed by atoms with van der Waals surface area (Å²) in [5.41, 5.74) is 0. The molecule has 0 saturated carbocycles. The normalized spacial score (nSPS) is 11.0. The van der Waals surface area contributed by atoms with Crippen molar-refractivity contribution in [2.24, 2.45) is 0 Å². The summed E-state index contributed by atoms with van der Waals surface area (Å²) < 4.78 is 1.90. The average Bonchev–Trinajstić information content (AvgIpc) is 1.62. The summed E-state index contributed by atoms with van der Waals surface area (Å²) in [5.74, 6) is -0.959. The Morgan fingerprint density at radius 1 is 1.50 bits per heavy atom. The lowest BCUT2D eigenvalue weighted by Crippen LogP contribution is -2.20. The number of carbonyl (C=O) groups excluding carboxylic acids is 1. The highest BCUT2D eigenvalue weighted by atomic mass is 35.6. The third kappa shape index (κ3) is 2.77. The maximum Gasteiger partial charge on any atom is 0.345 e. The van der Waals surface area contributed by atoms with Crippen LogP contribution in [0.3, 0.4) is 0 Å². The minimum Gasteiger partial charge on any atom is -0.513 e. The molecule has 0 aliphatic rings. The number of alkyl halides is 3. The van der Waals surface area contributed by atoms with Gasteiger partial charge in [-0.1, -0.05) is 34.8 Å². The van der Waals surface area contributed by atoms with Gasteiger partial charge in [-0.25, -0.2) is 4.79 Å². The molecule has 2 nitrogen and oxygen atoms in total. The molecule has 0 rings (SSSR count). The van der Waals surface area contributed by atoms with Gasteiger partial charge >= 0.3 is 16.5 Å². The SMILES string of the molecule is O=C(O[Si])C(Cl)(Cl)Cl. The van der Waals surface area contributed by atoms with E-state index >= 15 is 0 Å². The van der Waals surface area contributed by atoms with Gasteiger partial charge in [-0.2, -0.15) is 0 Å². The van der Waals surface area contributed by atoms with E-state index in [1.165, 1.54) is 0 Å². The monoisotopic (exact) mass is 189 g/mol. The highest BCUT2D eigenvalue weighted by Crippen LogP contribution is 2.26. The van der Waals surface area contributed by atoms with Crippen LogP contribution in [0.5, 0.6) is 0 Å². The van der Waals surface area contributed by atoms with Gasteiger partial charge in [0.15, 0.2) is 0 Å². The van der Waals surface area contributed by atoms with E-state index in [9.17, 15) is 4.79 Å². The minimum absolute atomic E-state index is 0.959. The molecule has 0 saturated heterocycles. The van der Waals surface area contributed by atoms with E-state index in [-0.39, 0.29) is 0 Å². The zero-order valence-corrected chi connectivity index (χ0v) is 6.72. The van der Waals surface area contributed by atoms with Crippen LogP contribution in [0.25, 0.3) is 0 Å². The molecule has 0 heterocycles. The number of rotatable bonds is 0. The fraction of sp³-hybridized carbons (Fsp3) is 0.500. The molecule has 0 atom stereocenters. The van der Waals surface area contributed by atoms with Crippen LogP contribution < -0.4 is 0 Å². The zero-order chi connectivity index (χ0) is 6.78. The van der Waals surface area contributed by atoms with E-state index in [0.29, 0.717) is 0 Å². The van der Waals surface area contributed by atoms with Crippen molar-refractivity contribution in [2.45, 2.75) is 3.79 Å². The maximum atomic E-state index is 10.2. The van der Waals surface area contributed by atoms with Gasteiger partial charge in [0.05, 0.1) is 0 Å². The molecule has 45 valence electrons. The van der Waals surface area contributed by atoms with Gasteiger partial charge < -0.3 is 4.43 Å². The molecule has 0 aliphatic heterocycles. The summed E-state index contributed by atoms with van der Waals surface area (Å²) in [6, 6.07) is 0. The predicted molar refractivity (Wildman–Crippen MR) is 32.1 cm³/mol. The first kappa shape index (κ1) is 8.56. The van der Waals surface area contributed by atoms with Gasteiger partial charge in [-0.05, 0) is 0 Å². The standard InChI is InChI=1S/C2Cl3O2Si/c3-2(4,5)1(6)7-8. The molecule has 0 spiro atoms. The van der Waals surface area contributed by atoms with E-state index < -0.39 is 9.76 Å². The molecular weight excluding hydrogens is 190 g/mol. The van der Waals surface area contributed by atoms with Gasteiger partial charge in [-0.15, -0.1) is 0 Å². The van der Waals surface area contributed by atoms with Crippen molar-refractivity contribution in [1.29, 1.82) is 0 Å². The molecule has 0 aromatic heterocycles. The van der Waals surface area contributed by atoms with Crippen LogP contribution in [0.2, 0.25) is 0 Å². The van der Waals surface area contributed by atoms with E-state index in [1.54, 1.807) is 0 Å². The third-order valence-electron chi connectivity index (χ3n) is 0.324. The second kappa shape index (κ2) is 2.92. The molecule has 0 aromatic rings. The Kier molecular flexibility index (Phi) is 3.12. The quantitative estimate of drug-likeness (QED) is 0.421. The first-order chi connectivity index (χ1) is 3.48.